The second kappa shape index (κ2) is 5.71. The standard InChI is InChI=1S/C10H11Cl2N3OS/c1-2-3-15-6-7(5-13-15)16-10-14-9(12)8(4-11)17-10/h5-6H,2-4H2,1H3. The van der Waals surface area contributed by atoms with Crippen LogP contribution >= 0.6 is 34.5 Å². The Balaban J connectivity index is 2.08. The number of hydrogen-bond donors (Lipinski definition) is 0. The molecule has 0 radical (unpaired) electrons. The molecule has 2 aromatic rings. The van der Waals surface area contributed by atoms with Gasteiger partial charge in [-0.05, 0) is 6.42 Å². The molecule has 2 rings (SSSR count). The van der Waals surface area contributed by atoms with Crippen LogP contribution in [-0.2, 0) is 12.4 Å². The van der Waals surface area contributed by atoms with Crippen molar-refractivity contribution in [1.29, 1.82) is 0 Å². The van der Waals surface area contributed by atoms with Crippen molar-refractivity contribution in [1.82, 2.24) is 14.8 Å². The fourth-order valence-corrected chi connectivity index (χ4v) is 2.63. The van der Waals surface area contributed by atoms with E-state index in [0.29, 0.717) is 22.0 Å². The summed E-state index contributed by atoms with van der Waals surface area (Å²) in [6.45, 7) is 2.96. The van der Waals surface area contributed by atoms with Gasteiger partial charge in [-0.2, -0.15) is 10.1 Å². The highest BCUT2D eigenvalue weighted by Crippen LogP contribution is 2.32. The Bertz CT molecular complexity index is 497. The van der Waals surface area contributed by atoms with E-state index in [1.165, 1.54) is 11.3 Å². The van der Waals surface area contributed by atoms with Gasteiger partial charge in [0.15, 0.2) is 5.75 Å². The third kappa shape index (κ3) is 3.12. The minimum absolute atomic E-state index is 0.342. The Morgan fingerprint density at radius 2 is 2.35 bits per heavy atom. The van der Waals surface area contributed by atoms with Crippen LogP contribution in [0.5, 0.6) is 10.9 Å². The summed E-state index contributed by atoms with van der Waals surface area (Å²) >= 11 is 12.9. The zero-order chi connectivity index (χ0) is 12.3. The number of nitrogens with zero attached hydrogens (tertiary/aromatic N) is 3. The van der Waals surface area contributed by atoms with E-state index in [0.717, 1.165) is 17.8 Å². The van der Waals surface area contributed by atoms with E-state index in [2.05, 4.69) is 17.0 Å². The van der Waals surface area contributed by atoms with Crippen molar-refractivity contribution in [3.8, 4) is 10.9 Å². The maximum Gasteiger partial charge on any atom is 0.280 e. The van der Waals surface area contributed by atoms with Gasteiger partial charge >= 0.3 is 0 Å². The van der Waals surface area contributed by atoms with E-state index in [-0.39, 0.29) is 0 Å². The molecule has 0 aliphatic carbocycles. The Morgan fingerprint density at radius 1 is 1.53 bits per heavy atom. The lowest BCUT2D eigenvalue weighted by Crippen LogP contribution is -1.95. The normalized spacial score (nSPS) is 10.8. The van der Waals surface area contributed by atoms with Gasteiger partial charge in [-0.3, -0.25) is 4.68 Å². The fourth-order valence-electron chi connectivity index (χ4n) is 1.29. The number of rotatable bonds is 5. The highest BCUT2D eigenvalue weighted by Gasteiger charge is 2.10. The Hall–Kier alpha value is -0.780. The van der Waals surface area contributed by atoms with E-state index in [1.54, 1.807) is 6.20 Å². The van der Waals surface area contributed by atoms with Gasteiger partial charge in [-0.1, -0.05) is 29.9 Å². The topological polar surface area (TPSA) is 39.9 Å². The minimum atomic E-state index is 0.342. The molecule has 0 saturated carbocycles. The quantitative estimate of drug-likeness (QED) is 0.784. The molecule has 2 aromatic heterocycles. The molecule has 0 saturated heterocycles. The average molecular weight is 292 g/mol. The number of aromatic nitrogens is 3. The summed E-state index contributed by atoms with van der Waals surface area (Å²) in [5.74, 6) is 1.000. The smallest absolute Gasteiger partial charge is 0.280 e. The third-order valence-electron chi connectivity index (χ3n) is 2.02. The van der Waals surface area contributed by atoms with E-state index >= 15 is 0 Å². The molecule has 0 bridgehead atoms. The third-order valence-corrected chi connectivity index (χ3v) is 3.80. The summed E-state index contributed by atoms with van der Waals surface area (Å²) in [5, 5.41) is 5.05. The van der Waals surface area contributed by atoms with Crippen molar-refractivity contribution in [2.45, 2.75) is 25.8 Å². The van der Waals surface area contributed by atoms with Gasteiger partial charge in [0, 0.05) is 6.54 Å². The lowest BCUT2D eigenvalue weighted by molar-refractivity contribution is 0.477. The van der Waals surface area contributed by atoms with Crippen LogP contribution < -0.4 is 4.74 Å². The average Bonchev–Trinajstić information content (AvgIpc) is 2.87. The molecule has 0 aliphatic heterocycles. The zero-order valence-corrected chi connectivity index (χ0v) is 11.5. The second-order valence-corrected chi connectivity index (χ2v) is 5.04. The van der Waals surface area contributed by atoms with Gasteiger partial charge in [0.2, 0.25) is 0 Å². The SMILES string of the molecule is CCCn1cc(Oc2nc(Cl)c(CCl)s2)cn1. The first kappa shape index (κ1) is 12.7. The summed E-state index contributed by atoms with van der Waals surface area (Å²) in [4.78, 5) is 4.88. The molecule has 2 heterocycles. The van der Waals surface area contributed by atoms with E-state index in [1.807, 2.05) is 10.9 Å². The van der Waals surface area contributed by atoms with Crippen LogP contribution in [-0.4, -0.2) is 14.8 Å². The number of hydrogen-bond acceptors (Lipinski definition) is 4. The van der Waals surface area contributed by atoms with Crippen molar-refractivity contribution in [2.24, 2.45) is 0 Å². The molecule has 4 nitrogen and oxygen atoms in total. The molecule has 0 unspecified atom stereocenters. The first-order valence-corrected chi connectivity index (χ1v) is 6.87. The minimum Gasteiger partial charge on any atom is -0.427 e. The molecule has 0 fully saturated rings. The second-order valence-electron chi connectivity index (χ2n) is 3.37. The lowest BCUT2D eigenvalue weighted by Gasteiger charge is -1.96. The van der Waals surface area contributed by atoms with Gasteiger partial charge in [-0.25, -0.2) is 0 Å². The maximum absolute atomic E-state index is 5.88. The maximum atomic E-state index is 5.88. The molecular weight excluding hydrogens is 281 g/mol. The zero-order valence-electron chi connectivity index (χ0n) is 9.19. The summed E-state index contributed by atoms with van der Waals surface area (Å²) in [7, 11) is 0. The van der Waals surface area contributed by atoms with Crippen LogP contribution in [0.4, 0.5) is 0 Å². The highest BCUT2D eigenvalue weighted by molar-refractivity contribution is 7.14. The molecule has 0 atom stereocenters. The Labute approximate surface area is 113 Å². The summed E-state index contributed by atoms with van der Waals surface area (Å²) in [6, 6.07) is 0. The largest absolute Gasteiger partial charge is 0.427 e. The molecule has 0 amide bonds. The number of thiazole rings is 1. The van der Waals surface area contributed by atoms with E-state index in [9.17, 15) is 0 Å². The Morgan fingerprint density at radius 3 is 3.00 bits per heavy atom. The van der Waals surface area contributed by atoms with Gasteiger partial charge < -0.3 is 4.74 Å². The van der Waals surface area contributed by atoms with Gasteiger partial charge in [0.1, 0.15) is 5.15 Å². The van der Waals surface area contributed by atoms with Crippen molar-refractivity contribution in [2.75, 3.05) is 0 Å². The molecule has 0 aliphatic rings. The first-order chi connectivity index (χ1) is 8.22. The fraction of sp³-hybridized carbons (Fsp3) is 0.400. The number of ether oxygens (including phenoxy) is 1. The summed E-state index contributed by atoms with van der Waals surface area (Å²) in [5.41, 5.74) is 0. The predicted octanol–water partition coefficient (Wildman–Crippen LogP) is 3.93. The van der Waals surface area contributed by atoms with Gasteiger partial charge in [0.25, 0.3) is 5.19 Å². The van der Waals surface area contributed by atoms with Crippen LogP contribution in [0.2, 0.25) is 5.15 Å². The number of alkyl halides is 1. The molecule has 7 heteroatoms. The van der Waals surface area contributed by atoms with E-state index < -0.39 is 0 Å². The van der Waals surface area contributed by atoms with Crippen molar-refractivity contribution >= 4 is 34.5 Å². The molecular formula is C10H11Cl2N3OS. The van der Waals surface area contributed by atoms with Gasteiger partial charge in [0.05, 0.1) is 23.2 Å². The lowest BCUT2D eigenvalue weighted by atomic mass is 10.5. The highest BCUT2D eigenvalue weighted by atomic mass is 35.5. The van der Waals surface area contributed by atoms with Crippen molar-refractivity contribution < 1.29 is 4.74 Å². The summed E-state index contributed by atoms with van der Waals surface area (Å²) < 4.78 is 7.38. The monoisotopic (exact) mass is 291 g/mol. The predicted molar refractivity (Wildman–Crippen MR) is 69.3 cm³/mol. The molecule has 17 heavy (non-hydrogen) atoms. The van der Waals surface area contributed by atoms with Crippen LogP contribution in [0.15, 0.2) is 12.4 Å². The summed E-state index contributed by atoms with van der Waals surface area (Å²) in [6.07, 6.45) is 4.52. The molecule has 0 N–H and O–H groups in total. The number of halogens is 2. The van der Waals surface area contributed by atoms with Crippen molar-refractivity contribution in [3.05, 3.63) is 22.4 Å². The van der Waals surface area contributed by atoms with Crippen LogP contribution in [0.25, 0.3) is 0 Å². The van der Waals surface area contributed by atoms with Crippen molar-refractivity contribution in [3.63, 3.8) is 0 Å². The molecule has 0 spiro atoms. The van der Waals surface area contributed by atoms with Crippen LogP contribution in [0, 0.1) is 0 Å². The van der Waals surface area contributed by atoms with E-state index in [4.69, 9.17) is 27.9 Å². The van der Waals surface area contributed by atoms with Crippen LogP contribution in [0.3, 0.4) is 0 Å². The Kier molecular flexibility index (Phi) is 4.25. The number of aryl methyl sites for hydroxylation is 1. The molecule has 0 aromatic carbocycles. The van der Waals surface area contributed by atoms with Crippen LogP contribution in [0.1, 0.15) is 18.2 Å². The first-order valence-electron chi connectivity index (χ1n) is 5.14. The van der Waals surface area contributed by atoms with Gasteiger partial charge in [-0.15, -0.1) is 11.6 Å². The molecule has 92 valence electrons.